The molecule has 28 heavy (non-hydrogen) atoms. The van der Waals surface area contributed by atoms with E-state index in [0.29, 0.717) is 18.1 Å². The first-order valence-corrected chi connectivity index (χ1v) is 9.30. The zero-order chi connectivity index (χ0) is 19.7. The maximum absolute atomic E-state index is 12.7. The summed E-state index contributed by atoms with van der Waals surface area (Å²) in [4.78, 5) is 30.7. The van der Waals surface area contributed by atoms with Crippen molar-refractivity contribution in [1.29, 1.82) is 0 Å². The molecular formula is C21H23N5O2. The van der Waals surface area contributed by atoms with E-state index in [9.17, 15) is 4.79 Å². The first-order chi connectivity index (χ1) is 13.5. The Morgan fingerprint density at radius 2 is 2.07 bits per heavy atom. The predicted octanol–water partition coefficient (Wildman–Crippen LogP) is 2.41. The SMILES string of the molecule is COc1cc(C)c(CN2CCc3nc(-c4cnccn4)[nH]c(=O)c3C2)cc1C. The standard InChI is InChI=1S/C21H23N5O2/c1-13-9-19(28-3)14(2)8-15(13)11-26-7-4-17-16(12-26)21(27)25-20(24-17)18-10-22-5-6-23-18/h5-6,8-10H,4,7,11-12H2,1-3H3,(H,24,25,27). The number of aromatic nitrogens is 4. The van der Waals surface area contributed by atoms with Gasteiger partial charge >= 0.3 is 0 Å². The van der Waals surface area contributed by atoms with Crippen LogP contribution in [-0.2, 0) is 19.5 Å². The Hall–Kier alpha value is -3.06. The highest BCUT2D eigenvalue weighted by Gasteiger charge is 2.22. The number of nitrogens with zero attached hydrogens (tertiary/aromatic N) is 4. The lowest BCUT2D eigenvalue weighted by Crippen LogP contribution is -2.35. The van der Waals surface area contributed by atoms with E-state index in [1.165, 1.54) is 11.1 Å². The molecule has 0 saturated carbocycles. The van der Waals surface area contributed by atoms with Crippen molar-refractivity contribution in [1.82, 2.24) is 24.8 Å². The number of methoxy groups -OCH3 is 1. The number of hydrogen-bond donors (Lipinski definition) is 1. The van der Waals surface area contributed by atoms with Gasteiger partial charge in [0.1, 0.15) is 11.4 Å². The quantitative estimate of drug-likeness (QED) is 0.752. The molecule has 3 heterocycles. The molecule has 2 aromatic heterocycles. The monoisotopic (exact) mass is 377 g/mol. The second-order valence-corrected chi connectivity index (χ2v) is 7.14. The van der Waals surface area contributed by atoms with Crippen molar-refractivity contribution >= 4 is 0 Å². The molecule has 1 aromatic carbocycles. The summed E-state index contributed by atoms with van der Waals surface area (Å²) in [5.41, 5.74) is 5.63. The van der Waals surface area contributed by atoms with Crippen molar-refractivity contribution < 1.29 is 4.74 Å². The number of hydrogen-bond acceptors (Lipinski definition) is 6. The highest BCUT2D eigenvalue weighted by molar-refractivity contribution is 5.47. The van der Waals surface area contributed by atoms with Gasteiger partial charge in [0.05, 0.1) is 24.6 Å². The molecule has 0 atom stereocenters. The van der Waals surface area contributed by atoms with Gasteiger partial charge in [0.15, 0.2) is 5.82 Å². The Balaban J connectivity index is 1.57. The van der Waals surface area contributed by atoms with Crippen LogP contribution in [0, 0.1) is 13.8 Å². The van der Waals surface area contributed by atoms with E-state index in [0.717, 1.165) is 42.1 Å². The number of ether oxygens (including phenoxy) is 1. The van der Waals surface area contributed by atoms with Gasteiger partial charge in [-0.15, -0.1) is 0 Å². The summed E-state index contributed by atoms with van der Waals surface area (Å²) in [7, 11) is 1.69. The maximum Gasteiger partial charge on any atom is 0.255 e. The molecule has 1 aliphatic rings. The molecule has 0 radical (unpaired) electrons. The summed E-state index contributed by atoms with van der Waals surface area (Å²) >= 11 is 0. The van der Waals surface area contributed by atoms with Gasteiger partial charge in [0.2, 0.25) is 0 Å². The summed E-state index contributed by atoms with van der Waals surface area (Å²) in [6, 6.07) is 4.24. The first-order valence-electron chi connectivity index (χ1n) is 9.30. The predicted molar refractivity (Wildman–Crippen MR) is 106 cm³/mol. The van der Waals surface area contributed by atoms with Crippen molar-refractivity contribution in [3.05, 3.63) is 69.0 Å². The van der Waals surface area contributed by atoms with E-state index in [2.05, 4.69) is 50.8 Å². The zero-order valence-corrected chi connectivity index (χ0v) is 16.3. The van der Waals surface area contributed by atoms with Crippen LogP contribution in [0.25, 0.3) is 11.5 Å². The average Bonchev–Trinajstić information content (AvgIpc) is 2.71. The summed E-state index contributed by atoms with van der Waals surface area (Å²) < 4.78 is 5.40. The fourth-order valence-electron chi connectivity index (χ4n) is 3.64. The molecule has 0 fully saturated rings. The molecule has 7 heteroatoms. The van der Waals surface area contributed by atoms with Gasteiger partial charge in [-0.05, 0) is 36.6 Å². The average molecular weight is 377 g/mol. The molecule has 1 aliphatic heterocycles. The topological polar surface area (TPSA) is 84.0 Å². The molecule has 0 amide bonds. The fourth-order valence-corrected chi connectivity index (χ4v) is 3.64. The Kier molecular flexibility index (Phi) is 4.92. The Morgan fingerprint density at radius 1 is 1.21 bits per heavy atom. The van der Waals surface area contributed by atoms with E-state index in [4.69, 9.17) is 4.74 Å². The van der Waals surface area contributed by atoms with Gasteiger partial charge < -0.3 is 9.72 Å². The number of fused-ring (bicyclic) bond motifs is 1. The molecule has 0 saturated heterocycles. The Labute approximate surface area is 163 Å². The highest BCUT2D eigenvalue weighted by atomic mass is 16.5. The van der Waals surface area contributed by atoms with Crippen LogP contribution in [-0.4, -0.2) is 38.5 Å². The van der Waals surface area contributed by atoms with Crippen LogP contribution in [0.5, 0.6) is 5.75 Å². The lowest BCUT2D eigenvalue weighted by atomic mass is 10.0. The molecule has 1 N–H and O–H groups in total. The Bertz CT molecular complexity index is 1060. The molecule has 144 valence electrons. The number of rotatable bonds is 4. The maximum atomic E-state index is 12.7. The number of benzene rings is 1. The second kappa shape index (κ2) is 7.52. The number of H-pyrrole nitrogens is 1. The minimum Gasteiger partial charge on any atom is -0.496 e. The minimum absolute atomic E-state index is 0.0991. The number of aromatic amines is 1. The van der Waals surface area contributed by atoms with Crippen LogP contribution in [0.1, 0.15) is 27.9 Å². The van der Waals surface area contributed by atoms with E-state index in [1.807, 2.05) is 0 Å². The molecule has 0 aliphatic carbocycles. The van der Waals surface area contributed by atoms with Crippen molar-refractivity contribution in [2.45, 2.75) is 33.4 Å². The molecule has 0 spiro atoms. The lowest BCUT2D eigenvalue weighted by Gasteiger charge is -2.28. The fraction of sp³-hybridized carbons (Fsp3) is 0.333. The molecule has 3 aromatic rings. The van der Waals surface area contributed by atoms with E-state index in [1.54, 1.807) is 25.7 Å². The third-order valence-corrected chi connectivity index (χ3v) is 5.20. The summed E-state index contributed by atoms with van der Waals surface area (Å²) in [6.07, 6.45) is 5.53. The van der Waals surface area contributed by atoms with Gasteiger partial charge in [-0.2, -0.15) is 0 Å². The van der Waals surface area contributed by atoms with Crippen molar-refractivity contribution in [2.24, 2.45) is 0 Å². The van der Waals surface area contributed by atoms with Crippen LogP contribution in [0.15, 0.2) is 35.5 Å². The van der Waals surface area contributed by atoms with Crippen LogP contribution in [0.2, 0.25) is 0 Å². The van der Waals surface area contributed by atoms with Gasteiger partial charge in [0.25, 0.3) is 5.56 Å². The molecule has 7 nitrogen and oxygen atoms in total. The van der Waals surface area contributed by atoms with E-state index >= 15 is 0 Å². The third kappa shape index (κ3) is 3.53. The second-order valence-electron chi connectivity index (χ2n) is 7.14. The molecule has 0 bridgehead atoms. The molecule has 0 unspecified atom stereocenters. The largest absolute Gasteiger partial charge is 0.496 e. The summed E-state index contributed by atoms with van der Waals surface area (Å²) in [5.74, 6) is 1.38. The van der Waals surface area contributed by atoms with E-state index in [-0.39, 0.29) is 5.56 Å². The van der Waals surface area contributed by atoms with E-state index < -0.39 is 0 Å². The summed E-state index contributed by atoms with van der Waals surface area (Å²) in [6.45, 7) is 6.38. The smallest absolute Gasteiger partial charge is 0.255 e. The number of aryl methyl sites for hydroxylation is 2. The van der Waals surface area contributed by atoms with Crippen LogP contribution >= 0.6 is 0 Å². The first kappa shape index (κ1) is 18.3. The molecule has 4 rings (SSSR count). The summed E-state index contributed by atoms with van der Waals surface area (Å²) in [5, 5.41) is 0. The highest BCUT2D eigenvalue weighted by Crippen LogP contribution is 2.25. The zero-order valence-electron chi connectivity index (χ0n) is 16.3. The third-order valence-electron chi connectivity index (χ3n) is 5.20. The van der Waals surface area contributed by atoms with Crippen LogP contribution in [0.3, 0.4) is 0 Å². The Morgan fingerprint density at radius 3 is 2.82 bits per heavy atom. The van der Waals surface area contributed by atoms with Gasteiger partial charge in [-0.1, -0.05) is 6.07 Å². The number of nitrogens with one attached hydrogen (secondary N) is 1. The van der Waals surface area contributed by atoms with Crippen LogP contribution < -0.4 is 10.3 Å². The van der Waals surface area contributed by atoms with Gasteiger partial charge in [-0.3, -0.25) is 14.7 Å². The van der Waals surface area contributed by atoms with Crippen molar-refractivity contribution in [2.75, 3.05) is 13.7 Å². The van der Waals surface area contributed by atoms with Crippen molar-refractivity contribution in [3.8, 4) is 17.3 Å². The minimum atomic E-state index is -0.0991. The molecular weight excluding hydrogens is 354 g/mol. The van der Waals surface area contributed by atoms with Crippen LogP contribution in [0.4, 0.5) is 0 Å². The van der Waals surface area contributed by atoms with Gasteiger partial charge in [-0.25, -0.2) is 9.97 Å². The van der Waals surface area contributed by atoms with Gasteiger partial charge in [0, 0.05) is 38.4 Å². The normalized spacial score (nSPS) is 14.0. The van der Waals surface area contributed by atoms with Crippen molar-refractivity contribution in [3.63, 3.8) is 0 Å². The lowest BCUT2D eigenvalue weighted by molar-refractivity contribution is 0.241.